The summed E-state index contributed by atoms with van der Waals surface area (Å²) in [6.45, 7) is 2.06. The molecule has 2 aromatic rings. The maximum Gasteiger partial charge on any atom is 4.00 e. The Labute approximate surface area is 160 Å². The zero-order valence-electron chi connectivity index (χ0n) is 12.4. The van der Waals surface area contributed by atoms with Gasteiger partial charge >= 0.3 is 21.7 Å². The molecule has 0 saturated carbocycles. The first-order chi connectivity index (χ1) is 9.34. The van der Waals surface area contributed by atoms with Gasteiger partial charge in [-0.3, -0.25) is 6.08 Å². The van der Waals surface area contributed by atoms with E-state index >= 15 is 0 Å². The number of rotatable bonds is 0. The minimum atomic E-state index is 0. The number of allylic oxidation sites excluding steroid dienone is 4. The second-order valence-electron chi connectivity index (χ2n) is 4.86. The molecule has 0 nitrogen and oxygen atoms in total. The summed E-state index contributed by atoms with van der Waals surface area (Å²) in [6, 6.07) is 18.1. The van der Waals surface area contributed by atoms with Crippen molar-refractivity contribution in [3.05, 3.63) is 83.5 Å². The molecule has 2 aromatic carbocycles. The van der Waals surface area contributed by atoms with E-state index in [1.165, 1.54) is 27.8 Å². The molecule has 0 aliphatic heterocycles. The minimum absolute atomic E-state index is 0. The van der Waals surface area contributed by atoms with Crippen LogP contribution in [-0.2, 0) is 28.1 Å². The summed E-state index contributed by atoms with van der Waals surface area (Å²) in [7, 11) is 0. The summed E-state index contributed by atoms with van der Waals surface area (Å²) >= 11 is 0. The Morgan fingerprint density at radius 3 is 2.32 bits per heavy atom. The van der Waals surface area contributed by atoms with Crippen molar-refractivity contribution in [2.45, 2.75) is 19.8 Å². The number of benzene rings is 2. The van der Waals surface area contributed by atoms with Crippen LogP contribution in [-0.4, -0.2) is 0 Å². The largest absolute Gasteiger partial charge is 4.00 e. The van der Waals surface area contributed by atoms with Crippen molar-refractivity contribution in [1.29, 1.82) is 0 Å². The van der Waals surface area contributed by atoms with Gasteiger partial charge in [0.25, 0.3) is 0 Å². The van der Waals surface area contributed by atoms with Gasteiger partial charge in [0.05, 0.1) is 0 Å². The molecular weight excluding hydrogens is 347 g/mol. The molecule has 0 atom stereocenters. The topological polar surface area (TPSA) is 0 Å². The van der Waals surface area contributed by atoms with Gasteiger partial charge in [0.2, 0.25) is 0 Å². The van der Waals surface area contributed by atoms with E-state index < -0.39 is 0 Å². The number of hydrogen-bond donors (Lipinski definition) is 0. The SMILES string of the molecule is CC1=[C-]CC=C1.[Cl-].[Cl-].[Ti+4].[c-]1cccc2c1Cc1ccccc1-2. The Morgan fingerprint density at radius 1 is 0.955 bits per heavy atom. The van der Waals surface area contributed by atoms with Crippen molar-refractivity contribution < 1.29 is 46.5 Å². The van der Waals surface area contributed by atoms with Crippen LogP contribution in [0.1, 0.15) is 24.5 Å². The Bertz CT molecular complexity index is 614. The first-order valence-electron chi connectivity index (χ1n) is 6.66. The fraction of sp³-hybridized carbons (Fsp3) is 0.158. The molecular formula is C19H16Cl2Ti. The Kier molecular flexibility index (Phi) is 9.72. The Balaban J connectivity index is 0.000000429. The molecule has 4 rings (SSSR count). The van der Waals surface area contributed by atoms with E-state index in [2.05, 4.69) is 67.6 Å². The number of halogens is 2. The van der Waals surface area contributed by atoms with Gasteiger partial charge in [-0.05, 0) is 6.42 Å². The molecule has 0 heterocycles. The summed E-state index contributed by atoms with van der Waals surface area (Å²) in [5, 5.41) is 0. The zero-order chi connectivity index (χ0) is 13.1. The molecule has 0 N–H and O–H groups in total. The summed E-state index contributed by atoms with van der Waals surface area (Å²) in [5.74, 6) is 0. The Morgan fingerprint density at radius 2 is 1.68 bits per heavy atom. The van der Waals surface area contributed by atoms with E-state index in [1.807, 2.05) is 6.07 Å². The maximum absolute atomic E-state index is 3.30. The second kappa shape index (κ2) is 10.1. The van der Waals surface area contributed by atoms with Crippen LogP contribution in [0.25, 0.3) is 11.1 Å². The average molecular weight is 363 g/mol. The van der Waals surface area contributed by atoms with Crippen molar-refractivity contribution in [1.82, 2.24) is 0 Å². The van der Waals surface area contributed by atoms with E-state index in [0.29, 0.717) is 0 Å². The molecule has 0 amide bonds. The molecule has 2 aliphatic carbocycles. The maximum atomic E-state index is 3.30. The molecule has 110 valence electrons. The van der Waals surface area contributed by atoms with Gasteiger partial charge in [0.1, 0.15) is 0 Å². The molecule has 22 heavy (non-hydrogen) atoms. The number of hydrogen-bond acceptors (Lipinski definition) is 0. The molecule has 0 saturated heterocycles. The van der Waals surface area contributed by atoms with Crippen molar-refractivity contribution in [3.63, 3.8) is 0 Å². The minimum Gasteiger partial charge on any atom is -1.00 e. The van der Waals surface area contributed by atoms with E-state index in [1.54, 1.807) is 0 Å². The van der Waals surface area contributed by atoms with Crippen LogP contribution in [0.2, 0.25) is 0 Å². The van der Waals surface area contributed by atoms with Gasteiger partial charge in [-0.15, -0.1) is 12.0 Å². The van der Waals surface area contributed by atoms with Gasteiger partial charge in [0, 0.05) is 0 Å². The van der Waals surface area contributed by atoms with Gasteiger partial charge < -0.3 is 24.8 Å². The van der Waals surface area contributed by atoms with Crippen LogP contribution < -0.4 is 24.8 Å². The summed E-state index contributed by atoms with van der Waals surface area (Å²) in [4.78, 5) is 0. The van der Waals surface area contributed by atoms with Crippen LogP contribution in [0.4, 0.5) is 0 Å². The predicted molar refractivity (Wildman–Crippen MR) is 79.7 cm³/mol. The molecule has 0 spiro atoms. The quantitative estimate of drug-likeness (QED) is 0.346. The first-order valence-corrected chi connectivity index (χ1v) is 6.66. The van der Waals surface area contributed by atoms with Gasteiger partial charge in [0.15, 0.2) is 0 Å². The van der Waals surface area contributed by atoms with Gasteiger partial charge in [-0.25, -0.2) is 11.6 Å². The smallest absolute Gasteiger partial charge is 1.00 e. The number of fused-ring (bicyclic) bond motifs is 3. The van der Waals surface area contributed by atoms with E-state index in [-0.39, 0.29) is 46.5 Å². The van der Waals surface area contributed by atoms with Crippen LogP contribution in [0.5, 0.6) is 0 Å². The predicted octanol–water partition coefficient (Wildman–Crippen LogP) is -1.24. The molecule has 0 aromatic heterocycles. The van der Waals surface area contributed by atoms with Crippen LogP contribution in [0.3, 0.4) is 0 Å². The Hall–Kier alpha value is -0.786. The summed E-state index contributed by atoms with van der Waals surface area (Å²) < 4.78 is 0. The molecule has 0 bridgehead atoms. The molecule has 3 heteroatoms. The fourth-order valence-electron chi connectivity index (χ4n) is 2.51. The molecule has 2 aliphatic rings. The third-order valence-corrected chi connectivity index (χ3v) is 3.48. The third kappa shape index (κ3) is 4.86. The van der Waals surface area contributed by atoms with Gasteiger partial charge in [-0.2, -0.15) is 35.9 Å². The summed E-state index contributed by atoms with van der Waals surface area (Å²) in [5.41, 5.74) is 6.78. The van der Waals surface area contributed by atoms with Crippen molar-refractivity contribution >= 4 is 0 Å². The van der Waals surface area contributed by atoms with Crippen LogP contribution >= 0.6 is 0 Å². The van der Waals surface area contributed by atoms with Crippen molar-refractivity contribution in [2.75, 3.05) is 0 Å². The molecule has 0 radical (unpaired) electrons. The summed E-state index contributed by atoms with van der Waals surface area (Å²) in [6.07, 6.45) is 9.38. The zero-order valence-corrected chi connectivity index (χ0v) is 15.4. The third-order valence-electron chi connectivity index (χ3n) is 3.48. The van der Waals surface area contributed by atoms with Crippen LogP contribution in [0, 0.1) is 12.1 Å². The molecule has 0 unspecified atom stereocenters. The second-order valence-corrected chi connectivity index (χ2v) is 4.86. The fourth-order valence-corrected chi connectivity index (χ4v) is 2.51. The van der Waals surface area contributed by atoms with E-state index in [0.717, 1.165) is 12.8 Å². The normalized spacial score (nSPS) is 12.3. The van der Waals surface area contributed by atoms with Crippen molar-refractivity contribution in [2.24, 2.45) is 0 Å². The average Bonchev–Trinajstić information content (AvgIpc) is 3.06. The monoisotopic (exact) mass is 362 g/mol. The van der Waals surface area contributed by atoms with Crippen molar-refractivity contribution in [3.8, 4) is 11.1 Å². The van der Waals surface area contributed by atoms with Crippen LogP contribution in [0.15, 0.2) is 60.2 Å². The van der Waals surface area contributed by atoms with E-state index in [4.69, 9.17) is 0 Å². The standard InChI is InChI=1S/C13H9.C6H7.2ClH.Ti/c1-3-7-12-10(5-1)9-11-6-2-4-8-13(11)12;1-6-4-2-3-5-6;;;/h1-5,7-8H,9H2;2,4H,3H2,1H3;2*1H;/q2*-1;;;+4/p-2. The van der Waals surface area contributed by atoms with E-state index in [9.17, 15) is 0 Å². The van der Waals surface area contributed by atoms with Gasteiger partial charge in [-0.1, -0.05) is 42.3 Å². The first kappa shape index (κ1) is 21.2. The molecule has 0 fully saturated rings.